The number of rotatable bonds is 21. The molecule has 0 saturated carbocycles. The van der Waals surface area contributed by atoms with Gasteiger partial charge in [0.25, 0.3) is 0 Å². The Bertz CT molecular complexity index is 428. The Labute approximate surface area is 179 Å². The van der Waals surface area contributed by atoms with Crippen LogP contribution in [0.3, 0.4) is 0 Å². The van der Waals surface area contributed by atoms with Crippen molar-refractivity contribution in [1.82, 2.24) is 0 Å². The first-order valence-electron chi connectivity index (χ1n) is 11.5. The second-order valence-corrected chi connectivity index (χ2v) is 9.17. The van der Waals surface area contributed by atoms with E-state index < -0.39 is 19.0 Å². The van der Waals surface area contributed by atoms with Crippen LogP contribution in [0.25, 0.3) is 0 Å². The molecule has 0 aliphatic rings. The molecule has 6 heteroatoms. The molecule has 0 saturated heterocycles. The molecule has 170 valence electrons. The van der Waals surface area contributed by atoms with E-state index in [1.165, 1.54) is 0 Å². The lowest BCUT2D eigenvalue weighted by molar-refractivity contribution is -0.323. The molecule has 0 aromatic heterocycles. The monoisotopic (exact) mass is 431 g/mol. The topological polar surface area (TPSA) is 61.8 Å². The molecule has 0 aliphatic carbocycles. The SMILES string of the molecule is C=C(C)C(=O)[P+](=O)C(OCCCCCC)(OCCCCCC)OCCCCCC. The number of ether oxygens (including phenoxy) is 3. The average molecular weight is 432 g/mol. The molecule has 1 unspecified atom stereocenters. The maximum absolute atomic E-state index is 13.1. The largest absolute Gasteiger partial charge is 0.520 e. The van der Waals surface area contributed by atoms with E-state index in [-0.39, 0.29) is 5.57 Å². The summed E-state index contributed by atoms with van der Waals surface area (Å²) in [4.78, 5) is 12.5. The lowest BCUT2D eigenvalue weighted by Gasteiger charge is -2.23. The first-order valence-corrected chi connectivity index (χ1v) is 12.8. The molecule has 0 fully saturated rings. The van der Waals surface area contributed by atoms with Gasteiger partial charge in [-0.2, -0.15) is 0 Å². The van der Waals surface area contributed by atoms with Crippen LogP contribution in [0.15, 0.2) is 12.2 Å². The van der Waals surface area contributed by atoms with Crippen LogP contribution in [-0.4, -0.2) is 31.1 Å². The Morgan fingerprint density at radius 1 is 0.724 bits per heavy atom. The third-order valence-electron chi connectivity index (χ3n) is 4.65. The summed E-state index contributed by atoms with van der Waals surface area (Å²) in [6.07, 6.45) is 12.2. The molecule has 0 N–H and O–H groups in total. The van der Waals surface area contributed by atoms with Crippen molar-refractivity contribution in [2.75, 3.05) is 19.8 Å². The first-order chi connectivity index (χ1) is 13.9. The Kier molecular flexibility index (Phi) is 17.8. The standard InChI is InChI=1S/C23H44O5P/c1-6-9-12-15-18-26-23(27-19-16-13-10-7-2,28-20-17-14-11-8-3)29(25)22(24)21(4)5/h4,6-20H2,1-3,5H3/q+1. The number of carbonyl (C=O) groups excluding carboxylic acids is 1. The van der Waals surface area contributed by atoms with Gasteiger partial charge >= 0.3 is 19.0 Å². The van der Waals surface area contributed by atoms with Crippen LogP contribution in [0.1, 0.15) is 105 Å². The van der Waals surface area contributed by atoms with Crippen molar-refractivity contribution >= 4 is 13.3 Å². The highest BCUT2D eigenvalue weighted by atomic mass is 31.1. The van der Waals surface area contributed by atoms with Crippen molar-refractivity contribution < 1.29 is 23.6 Å². The molecule has 29 heavy (non-hydrogen) atoms. The van der Waals surface area contributed by atoms with Crippen LogP contribution < -0.4 is 0 Å². The predicted octanol–water partition coefficient (Wildman–Crippen LogP) is 7.32. The Balaban J connectivity index is 5.20. The van der Waals surface area contributed by atoms with Gasteiger partial charge in [-0.05, 0) is 26.2 Å². The van der Waals surface area contributed by atoms with Gasteiger partial charge < -0.3 is 0 Å². The molecular weight excluding hydrogens is 387 g/mol. The number of unbranched alkanes of at least 4 members (excludes halogenated alkanes) is 9. The summed E-state index contributed by atoms with van der Waals surface area (Å²) in [6.45, 7) is 12.7. The van der Waals surface area contributed by atoms with Crippen LogP contribution in [0.5, 0.6) is 0 Å². The van der Waals surface area contributed by atoms with Crippen LogP contribution in [0.2, 0.25) is 0 Å². The summed E-state index contributed by atoms with van der Waals surface area (Å²) in [5.74, 6) is 0. The molecule has 0 heterocycles. The van der Waals surface area contributed by atoms with E-state index >= 15 is 0 Å². The molecule has 0 radical (unpaired) electrons. The average Bonchev–Trinajstić information content (AvgIpc) is 2.71. The van der Waals surface area contributed by atoms with E-state index in [9.17, 15) is 9.36 Å². The number of allylic oxidation sites excluding steroid dienone is 1. The Morgan fingerprint density at radius 3 is 1.34 bits per heavy atom. The fourth-order valence-electron chi connectivity index (χ4n) is 2.79. The first kappa shape index (κ1) is 28.4. The number of hydrogen-bond donors (Lipinski definition) is 0. The minimum Gasteiger partial charge on any atom is -0.285 e. The molecule has 0 rings (SSSR count). The molecule has 0 aliphatic heterocycles. The lowest BCUT2D eigenvalue weighted by Crippen LogP contribution is -2.38. The fraction of sp³-hybridized carbons (Fsp3) is 0.870. The number of carbonyl (C=O) groups is 1. The van der Waals surface area contributed by atoms with Crippen LogP contribution in [0, 0.1) is 0 Å². The molecular formula is C23H44O5P+. The summed E-state index contributed by atoms with van der Waals surface area (Å²) < 4.78 is 30.9. The van der Waals surface area contributed by atoms with E-state index in [2.05, 4.69) is 27.4 Å². The van der Waals surface area contributed by atoms with Crippen molar-refractivity contribution in [3.05, 3.63) is 12.2 Å². The van der Waals surface area contributed by atoms with Crippen molar-refractivity contribution in [2.45, 2.75) is 110 Å². The molecule has 5 nitrogen and oxygen atoms in total. The van der Waals surface area contributed by atoms with Gasteiger partial charge in [-0.1, -0.05) is 89.7 Å². The summed E-state index contributed by atoms with van der Waals surface area (Å²) in [5.41, 5.74) is -2.11. The quantitative estimate of drug-likeness (QED) is 0.0824. The highest BCUT2D eigenvalue weighted by Gasteiger charge is 2.59. The minimum atomic E-state index is -2.56. The zero-order chi connectivity index (χ0) is 22.0. The van der Waals surface area contributed by atoms with Crippen molar-refractivity contribution in [1.29, 1.82) is 0 Å². The van der Waals surface area contributed by atoms with Gasteiger partial charge in [-0.15, -0.1) is 0 Å². The third kappa shape index (κ3) is 12.6. The van der Waals surface area contributed by atoms with Crippen molar-refractivity contribution in [3.8, 4) is 0 Å². The highest BCUT2D eigenvalue weighted by Crippen LogP contribution is 2.45. The molecule has 0 aromatic rings. The number of hydrogen-bond acceptors (Lipinski definition) is 5. The van der Waals surface area contributed by atoms with Crippen molar-refractivity contribution in [3.63, 3.8) is 0 Å². The Morgan fingerprint density at radius 2 is 1.07 bits per heavy atom. The maximum atomic E-state index is 13.1. The zero-order valence-corrected chi connectivity index (χ0v) is 20.2. The second kappa shape index (κ2) is 18.2. The summed E-state index contributed by atoms with van der Waals surface area (Å²) >= 11 is 0. The summed E-state index contributed by atoms with van der Waals surface area (Å²) in [7, 11) is -2.56. The molecule has 0 spiro atoms. The third-order valence-corrected chi connectivity index (χ3v) is 6.28. The van der Waals surface area contributed by atoms with Gasteiger partial charge in [0.05, 0.1) is 19.8 Å². The normalized spacial score (nSPS) is 12.2. The van der Waals surface area contributed by atoms with E-state index in [0.29, 0.717) is 19.8 Å². The van der Waals surface area contributed by atoms with Gasteiger partial charge in [0, 0.05) is 5.57 Å². The van der Waals surface area contributed by atoms with Crippen LogP contribution >= 0.6 is 7.80 Å². The predicted molar refractivity (Wildman–Crippen MR) is 120 cm³/mol. The van der Waals surface area contributed by atoms with E-state index in [1.54, 1.807) is 6.92 Å². The second-order valence-electron chi connectivity index (χ2n) is 7.63. The smallest absolute Gasteiger partial charge is 0.285 e. The summed E-state index contributed by atoms with van der Waals surface area (Å²) in [5, 5.41) is 0. The molecule has 0 aromatic carbocycles. The molecule has 0 amide bonds. The summed E-state index contributed by atoms with van der Waals surface area (Å²) in [6, 6.07) is 0. The van der Waals surface area contributed by atoms with Crippen molar-refractivity contribution in [2.24, 2.45) is 0 Å². The van der Waals surface area contributed by atoms with E-state index in [0.717, 1.165) is 77.0 Å². The van der Waals surface area contributed by atoms with E-state index in [4.69, 9.17) is 14.2 Å². The zero-order valence-electron chi connectivity index (χ0n) is 19.3. The highest BCUT2D eigenvalue weighted by molar-refractivity contribution is 7.65. The van der Waals surface area contributed by atoms with E-state index in [1.807, 2.05) is 0 Å². The maximum Gasteiger partial charge on any atom is 0.520 e. The minimum absolute atomic E-state index is 0.231. The molecule has 1 atom stereocenters. The van der Waals surface area contributed by atoms with Gasteiger partial charge in [-0.25, -0.2) is 4.79 Å². The van der Waals surface area contributed by atoms with Crippen LogP contribution in [-0.2, 0) is 23.6 Å². The van der Waals surface area contributed by atoms with Gasteiger partial charge in [0.1, 0.15) is 0 Å². The van der Waals surface area contributed by atoms with Gasteiger partial charge in [0.2, 0.25) is 0 Å². The van der Waals surface area contributed by atoms with Gasteiger partial charge in [-0.3, -0.25) is 14.2 Å². The van der Waals surface area contributed by atoms with Crippen LogP contribution in [0.4, 0.5) is 0 Å². The Hall–Kier alpha value is -0.610. The fourth-order valence-corrected chi connectivity index (χ4v) is 4.01. The van der Waals surface area contributed by atoms with Gasteiger partial charge in [0.15, 0.2) is 0 Å². The lowest BCUT2D eigenvalue weighted by atomic mass is 10.2. The molecule has 0 bridgehead atoms.